The van der Waals surface area contributed by atoms with E-state index in [9.17, 15) is 9.59 Å². The van der Waals surface area contributed by atoms with E-state index in [1.165, 1.54) is 12.0 Å². The zero-order valence-corrected chi connectivity index (χ0v) is 18.0. The lowest BCUT2D eigenvalue weighted by molar-refractivity contribution is -0.121. The molecule has 0 bridgehead atoms. The number of carbonyl (C=O) groups excluding carboxylic acids is 2. The molecule has 1 saturated heterocycles. The van der Waals surface area contributed by atoms with Crippen molar-refractivity contribution >= 4 is 12.0 Å². The molecule has 8 heteroatoms. The predicted molar refractivity (Wildman–Crippen MR) is 111 cm³/mol. The van der Waals surface area contributed by atoms with Crippen molar-refractivity contribution in [2.45, 2.75) is 58.1 Å². The molecule has 2 N–H and O–H groups in total. The van der Waals surface area contributed by atoms with E-state index in [1.54, 1.807) is 6.20 Å². The molecule has 2 heterocycles. The molecule has 0 saturated carbocycles. The van der Waals surface area contributed by atoms with E-state index < -0.39 is 11.7 Å². The number of nitrogens with zero attached hydrogens (tertiary/aromatic N) is 2. The average molecular weight is 407 g/mol. The summed E-state index contributed by atoms with van der Waals surface area (Å²) in [5.41, 5.74) is 0.646. The van der Waals surface area contributed by atoms with Gasteiger partial charge in [-0.1, -0.05) is 0 Å². The minimum absolute atomic E-state index is 0.0703. The first-order valence-corrected chi connectivity index (χ1v) is 10.3. The first kappa shape index (κ1) is 22.9. The standard InChI is InChI=1S/C21H34N4O4/c1-21(2,3)29-20(27)24-9-5-8-19(26)23-10-12-28-17-13-16(14-22-15-17)18-7-6-11-25(18)4/h13-15,18H,5-12H2,1-4H3,(H,23,26)(H,24,27). The largest absolute Gasteiger partial charge is 0.490 e. The minimum atomic E-state index is -0.524. The Kier molecular flexibility index (Phi) is 8.70. The third-order valence-electron chi connectivity index (χ3n) is 4.58. The lowest BCUT2D eigenvalue weighted by atomic mass is 10.1. The Labute approximate surface area is 173 Å². The maximum atomic E-state index is 11.9. The van der Waals surface area contributed by atoms with E-state index in [0.29, 0.717) is 38.6 Å². The van der Waals surface area contributed by atoms with Gasteiger partial charge in [0.2, 0.25) is 5.91 Å². The van der Waals surface area contributed by atoms with Crippen LogP contribution in [0.15, 0.2) is 18.5 Å². The Morgan fingerprint density at radius 2 is 2.03 bits per heavy atom. The van der Waals surface area contributed by atoms with Crippen molar-refractivity contribution in [2.75, 3.05) is 33.3 Å². The maximum absolute atomic E-state index is 11.9. The highest BCUT2D eigenvalue weighted by molar-refractivity contribution is 5.75. The zero-order chi connectivity index (χ0) is 21.3. The van der Waals surface area contributed by atoms with Crippen molar-refractivity contribution in [2.24, 2.45) is 0 Å². The monoisotopic (exact) mass is 406 g/mol. The van der Waals surface area contributed by atoms with Crippen LogP contribution in [-0.4, -0.2) is 60.8 Å². The zero-order valence-electron chi connectivity index (χ0n) is 18.0. The van der Waals surface area contributed by atoms with Gasteiger partial charge in [-0.05, 0) is 65.3 Å². The fourth-order valence-corrected chi connectivity index (χ4v) is 3.23. The van der Waals surface area contributed by atoms with Crippen molar-refractivity contribution in [1.29, 1.82) is 0 Å². The minimum Gasteiger partial charge on any atom is -0.490 e. The Hall–Kier alpha value is -2.35. The smallest absolute Gasteiger partial charge is 0.407 e. The third kappa shape index (κ3) is 8.68. The average Bonchev–Trinajstić information content (AvgIpc) is 3.07. The Morgan fingerprint density at radius 1 is 1.24 bits per heavy atom. The number of hydrogen-bond acceptors (Lipinski definition) is 6. The summed E-state index contributed by atoms with van der Waals surface area (Å²) in [5, 5.41) is 5.46. The van der Waals surface area contributed by atoms with E-state index in [-0.39, 0.29) is 5.91 Å². The van der Waals surface area contributed by atoms with Gasteiger partial charge >= 0.3 is 6.09 Å². The summed E-state index contributed by atoms with van der Waals surface area (Å²) in [7, 11) is 2.13. The fourth-order valence-electron chi connectivity index (χ4n) is 3.23. The number of amides is 2. The van der Waals surface area contributed by atoms with Crippen LogP contribution in [0.4, 0.5) is 4.79 Å². The van der Waals surface area contributed by atoms with Crippen molar-refractivity contribution in [3.8, 4) is 5.75 Å². The van der Waals surface area contributed by atoms with Crippen LogP contribution in [0.3, 0.4) is 0 Å². The summed E-state index contributed by atoms with van der Waals surface area (Å²) in [5.74, 6) is 0.651. The maximum Gasteiger partial charge on any atom is 0.407 e. The molecule has 2 rings (SSSR count). The molecule has 1 fully saturated rings. The molecule has 1 aromatic heterocycles. The van der Waals surface area contributed by atoms with Crippen LogP contribution in [0.5, 0.6) is 5.75 Å². The molecule has 0 aromatic carbocycles. The molecule has 8 nitrogen and oxygen atoms in total. The summed E-state index contributed by atoms with van der Waals surface area (Å²) in [4.78, 5) is 30.0. The first-order valence-electron chi connectivity index (χ1n) is 10.3. The first-order chi connectivity index (χ1) is 13.7. The second kappa shape index (κ2) is 11.0. The molecule has 0 spiro atoms. The molecule has 0 aliphatic carbocycles. The van der Waals surface area contributed by atoms with Gasteiger partial charge in [-0.2, -0.15) is 0 Å². The van der Waals surface area contributed by atoms with Gasteiger partial charge in [-0.25, -0.2) is 4.79 Å². The van der Waals surface area contributed by atoms with Crippen LogP contribution in [0.1, 0.15) is 58.1 Å². The summed E-state index contributed by atoms with van der Waals surface area (Å²) >= 11 is 0. The molecule has 2 amide bonds. The van der Waals surface area contributed by atoms with Gasteiger partial charge in [-0.3, -0.25) is 14.7 Å². The van der Waals surface area contributed by atoms with Crippen LogP contribution in [0, 0.1) is 0 Å². The number of hydrogen-bond donors (Lipinski definition) is 2. The van der Waals surface area contributed by atoms with E-state index >= 15 is 0 Å². The lowest BCUT2D eigenvalue weighted by Crippen LogP contribution is -2.33. The van der Waals surface area contributed by atoms with Gasteiger partial charge in [-0.15, -0.1) is 0 Å². The van der Waals surface area contributed by atoms with Gasteiger partial charge in [0.25, 0.3) is 0 Å². The highest BCUT2D eigenvalue weighted by Gasteiger charge is 2.23. The number of ether oxygens (including phenoxy) is 2. The summed E-state index contributed by atoms with van der Waals surface area (Å²) < 4.78 is 10.9. The SMILES string of the molecule is CN1CCCC1c1cncc(OCCNC(=O)CCCNC(=O)OC(C)(C)C)c1. The molecule has 1 atom stereocenters. The number of pyridine rings is 1. The number of rotatable bonds is 9. The molecule has 1 unspecified atom stereocenters. The molecule has 162 valence electrons. The molecule has 0 radical (unpaired) electrons. The summed E-state index contributed by atoms with van der Waals surface area (Å²) in [6.45, 7) is 7.73. The number of aromatic nitrogens is 1. The Morgan fingerprint density at radius 3 is 2.72 bits per heavy atom. The molecule has 1 aromatic rings. The van der Waals surface area contributed by atoms with Crippen LogP contribution in [-0.2, 0) is 9.53 Å². The normalized spacial score (nSPS) is 17.0. The highest BCUT2D eigenvalue weighted by atomic mass is 16.6. The van der Waals surface area contributed by atoms with Gasteiger partial charge in [0.05, 0.1) is 12.7 Å². The van der Waals surface area contributed by atoms with E-state index in [1.807, 2.05) is 33.0 Å². The van der Waals surface area contributed by atoms with Crippen LogP contribution in [0.25, 0.3) is 0 Å². The lowest BCUT2D eigenvalue weighted by Gasteiger charge is -2.20. The van der Waals surface area contributed by atoms with Crippen LogP contribution in [0.2, 0.25) is 0 Å². The molecule has 1 aliphatic heterocycles. The van der Waals surface area contributed by atoms with E-state index in [0.717, 1.165) is 18.7 Å². The Balaban J connectivity index is 1.58. The number of nitrogens with one attached hydrogen (secondary N) is 2. The van der Waals surface area contributed by atoms with Gasteiger partial charge in [0.1, 0.15) is 18.0 Å². The van der Waals surface area contributed by atoms with Crippen molar-refractivity contribution in [3.63, 3.8) is 0 Å². The number of alkyl carbamates (subject to hydrolysis) is 1. The predicted octanol–water partition coefficient (Wildman–Crippen LogP) is 2.65. The third-order valence-corrected chi connectivity index (χ3v) is 4.58. The van der Waals surface area contributed by atoms with Gasteiger partial charge in [0.15, 0.2) is 0 Å². The van der Waals surface area contributed by atoms with Crippen molar-refractivity contribution in [3.05, 3.63) is 24.0 Å². The topological polar surface area (TPSA) is 92.8 Å². The highest BCUT2D eigenvalue weighted by Crippen LogP contribution is 2.31. The second-order valence-corrected chi connectivity index (χ2v) is 8.32. The summed E-state index contributed by atoms with van der Waals surface area (Å²) in [6.07, 6.45) is 6.35. The van der Waals surface area contributed by atoms with E-state index in [4.69, 9.17) is 9.47 Å². The fraction of sp³-hybridized carbons (Fsp3) is 0.667. The summed E-state index contributed by atoms with van der Waals surface area (Å²) in [6, 6.07) is 2.43. The second-order valence-electron chi connectivity index (χ2n) is 8.32. The molecular formula is C21H34N4O4. The van der Waals surface area contributed by atoms with Crippen molar-refractivity contribution < 1.29 is 19.1 Å². The van der Waals surface area contributed by atoms with Crippen LogP contribution >= 0.6 is 0 Å². The molecule has 1 aliphatic rings. The molecule has 29 heavy (non-hydrogen) atoms. The van der Waals surface area contributed by atoms with Gasteiger partial charge < -0.3 is 20.1 Å². The van der Waals surface area contributed by atoms with Gasteiger partial charge in [0, 0.05) is 25.2 Å². The van der Waals surface area contributed by atoms with E-state index in [2.05, 4.69) is 27.6 Å². The number of carbonyl (C=O) groups is 2. The van der Waals surface area contributed by atoms with Crippen LogP contribution < -0.4 is 15.4 Å². The Bertz CT molecular complexity index is 675. The van der Waals surface area contributed by atoms with Crippen molar-refractivity contribution in [1.82, 2.24) is 20.5 Å². The molecular weight excluding hydrogens is 372 g/mol. The quantitative estimate of drug-likeness (QED) is 0.613. The number of likely N-dealkylation sites (tertiary alicyclic amines) is 1.